The fourth-order valence-corrected chi connectivity index (χ4v) is 1.30. The Kier molecular flexibility index (Phi) is 6.59. The van der Waals surface area contributed by atoms with Crippen molar-refractivity contribution in [3.05, 3.63) is 0 Å². The lowest BCUT2D eigenvalue weighted by Gasteiger charge is -2.25. The van der Waals surface area contributed by atoms with Gasteiger partial charge in [-0.3, -0.25) is 4.79 Å². The third-order valence-electron chi connectivity index (χ3n) is 1.99. The van der Waals surface area contributed by atoms with E-state index in [-0.39, 0.29) is 5.91 Å². The van der Waals surface area contributed by atoms with Crippen LogP contribution in [0.5, 0.6) is 0 Å². The Balaban J connectivity index is 3.78. The Morgan fingerprint density at radius 2 is 2.00 bits per heavy atom. The van der Waals surface area contributed by atoms with Gasteiger partial charge in [0.25, 0.3) is 0 Å². The van der Waals surface area contributed by atoms with Crippen LogP contribution >= 0.6 is 0 Å². The van der Waals surface area contributed by atoms with Crippen LogP contribution in [-0.2, 0) is 4.79 Å². The maximum absolute atomic E-state index is 11.6. The van der Waals surface area contributed by atoms with Gasteiger partial charge in [-0.1, -0.05) is 6.92 Å². The van der Waals surface area contributed by atoms with Gasteiger partial charge in [-0.15, -0.1) is 0 Å². The second-order valence-electron chi connectivity index (χ2n) is 3.45. The largest absolute Gasteiger partial charge is 0.339 e. The fourth-order valence-electron chi connectivity index (χ4n) is 1.30. The zero-order valence-corrected chi connectivity index (χ0v) is 9.26. The Morgan fingerprint density at radius 1 is 1.38 bits per heavy atom. The van der Waals surface area contributed by atoms with E-state index in [0.717, 1.165) is 19.5 Å². The second-order valence-corrected chi connectivity index (χ2v) is 3.45. The van der Waals surface area contributed by atoms with Crippen molar-refractivity contribution in [1.29, 1.82) is 0 Å². The van der Waals surface area contributed by atoms with E-state index in [1.54, 1.807) is 0 Å². The van der Waals surface area contributed by atoms with E-state index in [4.69, 9.17) is 0 Å². The molecule has 0 rings (SSSR count). The van der Waals surface area contributed by atoms with Crippen molar-refractivity contribution in [2.24, 2.45) is 0 Å². The van der Waals surface area contributed by atoms with Gasteiger partial charge in [-0.25, -0.2) is 0 Å². The summed E-state index contributed by atoms with van der Waals surface area (Å²) in [5.41, 5.74) is 0. The van der Waals surface area contributed by atoms with Gasteiger partial charge in [0, 0.05) is 12.6 Å². The number of rotatable bonds is 6. The van der Waals surface area contributed by atoms with E-state index in [1.165, 1.54) is 0 Å². The number of hydrogen-bond donors (Lipinski definition) is 1. The highest BCUT2D eigenvalue weighted by atomic mass is 16.2. The SMILES string of the molecule is CCCNCC(=O)N(CC)C(C)C. The van der Waals surface area contributed by atoms with Crippen molar-refractivity contribution < 1.29 is 4.79 Å². The first-order valence-corrected chi connectivity index (χ1v) is 5.13. The summed E-state index contributed by atoms with van der Waals surface area (Å²) < 4.78 is 0. The van der Waals surface area contributed by atoms with E-state index in [0.29, 0.717) is 12.6 Å². The minimum Gasteiger partial charge on any atom is -0.339 e. The second kappa shape index (κ2) is 6.89. The number of carbonyl (C=O) groups is 1. The number of carbonyl (C=O) groups excluding carboxylic acids is 1. The summed E-state index contributed by atoms with van der Waals surface area (Å²) in [6, 6.07) is 0.306. The van der Waals surface area contributed by atoms with Gasteiger partial charge < -0.3 is 10.2 Å². The van der Waals surface area contributed by atoms with E-state index < -0.39 is 0 Å². The van der Waals surface area contributed by atoms with E-state index in [9.17, 15) is 4.79 Å². The molecule has 3 heteroatoms. The molecular formula is C10H22N2O. The zero-order chi connectivity index (χ0) is 10.3. The van der Waals surface area contributed by atoms with Gasteiger partial charge in [-0.05, 0) is 33.7 Å². The van der Waals surface area contributed by atoms with Crippen molar-refractivity contribution in [3.8, 4) is 0 Å². The lowest BCUT2D eigenvalue weighted by Crippen LogP contribution is -2.42. The maximum Gasteiger partial charge on any atom is 0.236 e. The van der Waals surface area contributed by atoms with Gasteiger partial charge in [0.15, 0.2) is 0 Å². The van der Waals surface area contributed by atoms with E-state index >= 15 is 0 Å². The molecule has 0 bridgehead atoms. The minimum absolute atomic E-state index is 0.200. The van der Waals surface area contributed by atoms with E-state index in [2.05, 4.69) is 12.2 Å². The molecule has 0 aromatic rings. The Bertz CT molecular complexity index is 146. The molecule has 13 heavy (non-hydrogen) atoms. The fraction of sp³-hybridized carbons (Fsp3) is 0.900. The zero-order valence-electron chi connectivity index (χ0n) is 9.26. The van der Waals surface area contributed by atoms with Crippen molar-refractivity contribution in [1.82, 2.24) is 10.2 Å². The smallest absolute Gasteiger partial charge is 0.236 e. The number of amides is 1. The first-order chi connectivity index (χ1) is 6.13. The van der Waals surface area contributed by atoms with Gasteiger partial charge in [-0.2, -0.15) is 0 Å². The first-order valence-electron chi connectivity index (χ1n) is 5.13. The molecule has 0 aromatic carbocycles. The molecule has 0 radical (unpaired) electrons. The van der Waals surface area contributed by atoms with Crippen LogP contribution in [0.3, 0.4) is 0 Å². The molecule has 0 aliphatic carbocycles. The average molecular weight is 186 g/mol. The highest BCUT2D eigenvalue weighted by Gasteiger charge is 2.13. The van der Waals surface area contributed by atoms with Crippen LogP contribution in [0, 0.1) is 0 Å². The number of hydrogen-bond acceptors (Lipinski definition) is 2. The van der Waals surface area contributed by atoms with Crippen LogP contribution in [0.2, 0.25) is 0 Å². The van der Waals surface area contributed by atoms with Crippen molar-refractivity contribution in [2.45, 2.75) is 40.2 Å². The summed E-state index contributed by atoms with van der Waals surface area (Å²) in [5, 5.41) is 3.11. The molecule has 1 amide bonds. The molecule has 0 aliphatic heterocycles. The topological polar surface area (TPSA) is 32.3 Å². The monoisotopic (exact) mass is 186 g/mol. The third-order valence-corrected chi connectivity index (χ3v) is 1.99. The molecule has 0 unspecified atom stereocenters. The molecule has 0 saturated carbocycles. The van der Waals surface area contributed by atoms with Gasteiger partial charge in [0.2, 0.25) is 5.91 Å². The van der Waals surface area contributed by atoms with Crippen LogP contribution in [0.1, 0.15) is 34.1 Å². The number of likely N-dealkylation sites (N-methyl/N-ethyl adjacent to an activating group) is 1. The van der Waals surface area contributed by atoms with E-state index in [1.807, 2.05) is 25.7 Å². The molecule has 0 atom stereocenters. The molecule has 3 nitrogen and oxygen atoms in total. The van der Waals surface area contributed by atoms with Crippen LogP contribution in [0.4, 0.5) is 0 Å². The molecule has 0 heterocycles. The lowest BCUT2D eigenvalue weighted by molar-refractivity contribution is -0.131. The van der Waals surface area contributed by atoms with Crippen LogP contribution < -0.4 is 5.32 Å². The Hall–Kier alpha value is -0.570. The normalized spacial score (nSPS) is 10.5. The molecular weight excluding hydrogens is 164 g/mol. The predicted octanol–water partition coefficient (Wildman–Crippen LogP) is 1.24. The molecule has 1 N–H and O–H groups in total. The Labute approximate surface area is 81.5 Å². The first kappa shape index (κ1) is 12.4. The van der Waals surface area contributed by atoms with Gasteiger partial charge in [0.1, 0.15) is 0 Å². The standard InChI is InChI=1S/C10H22N2O/c1-5-7-11-8-10(13)12(6-2)9(3)4/h9,11H,5-8H2,1-4H3. The van der Waals surface area contributed by atoms with Crippen LogP contribution in [-0.4, -0.2) is 36.5 Å². The summed E-state index contributed by atoms with van der Waals surface area (Å²) >= 11 is 0. The number of nitrogens with one attached hydrogen (secondary N) is 1. The maximum atomic E-state index is 11.6. The van der Waals surface area contributed by atoms with Crippen LogP contribution in [0.15, 0.2) is 0 Å². The molecule has 0 fully saturated rings. The van der Waals surface area contributed by atoms with Crippen molar-refractivity contribution >= 4 is 5.91 Å². The molecule has 0 aromatic heterocycles. The minimum atomic E-state index is 0.200. The third kappa shape index (κ3) is 4.88. The summed E-state index contributed by atoms with van der Waals surface area (Å²) in [6.45, 7) is 10.4. The average Bonchev–Trinajstić information content (AvgIpc) is 2.05. The molecule has 78 valence electrons. The Morgan fingerprint density at radius 3 is 2.38 bits per heavy atom. The quantitative estimate of drug-likeness (QED) is 0.633. The van der Waals surface area contributed by atoms with Gasteiger partial charge >= 0.3 is 0 Å². The van der Waals surface area contributed by atoms with Crippen LogP contribution in [0.25, 0.3) is 0 Å². The number of nitrogens with zero attached hydrogens (tertiary/aromatic N) is 1. The van der Waals surface area contributed by atoms with Gasteiger partial charge in [0.05, 0.1) is 6.54 Å². The highest BCUT2D eigenvalue weighted by Crippen LogP contribution is 1.97. The lowest BCUT2D eigenvalue weighted by atomic mass is 10.3. The molecule has 0 saturated heterocycles. The molecule has 0 aliphatic rings. The summed E-state index contributed by atoms with van der Waals surface area (Å²) in [4.78, 5) is 13.4. The van der Waals surface area contributed by atoms with Crippen molar-refractivity contribution in [2.75, 3.05) is 19.6 Å². The molecule has 0 spiro atoms. The summed E-state index contributed by atoms with van der Waals surface area (Å²) in [7, 11) is 0. The summed E-state index contributed by atoms with van der Waals surface area (Å²) in [5.74, 6) is 0.200. The predicted molar refractivity (Wildman–Crippen MR) is 55.7 cm³/mol. The highest BCUT2D eigenvalue weighted by molar-refractivity contribution is 5.78. The summed E-state index contributed by atoms with van der Waals surface area (Å²) in [6.07, 6.45) is 1.07. The van der Waals surface area contributed by atoms with Crippen molar-refractivity contribution in [3.63, 3.8) is 0 Å².